The summed E-state index contributed by atoms with van der Waals surface area (Å²) in [5.74, 6) is 4.34. The molecule has 5 unspecified atom stereocenters. The highest BCUT2D eigenvalue weighted by atomic mass is 16.5. The topological polar surface area (TPSA) is 26.3 Å². The molecule has 0 radical (unpaired) electrons. The molecule has 2 fully saturated rings. The van der Waals surface area contributed by atoms with Crippen molar-refractivity contribution in [1.82, 2.24) is 0 Å². The van der Waals surface area contributed by atoms with E-state index in [4.69, 9.17) is 4.74 Å². The maximum Gasteiger partial charge on any atom is 0.139 e. The van der Waals surface area contributed by atoms with Crippen LogP contribution in [0.3, 0.4) is 0 Å². The SMILES string of the molecule is COC1=CC2=CCC3C4CCC(=O)C4(C)CCC3C2(C)[C@@H](C)C1. The van der Waals surface area contributed by atoms with E-state index < -0.39 is 0 Å². The van der Waals surface area contributed by atoms with Crippen LogP contribution < -0.4 is 0 Å². The Labute approximate surface area is 140 Å². The van der Waals surface area contributed by atoms with Crippen molar-refractivity contribution >= 4 is 5.78 Å². The Hall–Kier alpha value is -1.05. The third kappa shape index (κ3) is 1.90. The van der Waals surface area contributed by atoms with Gasteiger partial charge in [0.05, 0.1) is 12.9 Å². The Morgan fingerprint density at radius 2 is 2.00 bits per heavy atom. The molecule has 0 saturated heterocycles. The lowest BCUT2D eigenvalue weighted by atomic mass is 9.47. The van der Waals surface area contributed by atoms with E-state index in [1.165, 1.54) is 12.0 Å². The molecule has 0 aromatic heterocycles. The number of hydrogen-bond acceptors (Lipinski definition) is 2. The molecule has 0 bridgehead atoms. The van der Waals surface area contributed by atoms with Gasteiger partial charge < -0.3 is 4.74 Å². The van der Waals surface area contributed by atoms with E-state index in [9.17, 15) is 4.79 Å². The molecule has 0 N–H and O–H groups in total. The van der Waals surface area contributed by atoms with Gasteiger partial charge in [-0.25, -0.2) is 0 Å². The molecular formula is C21H30O2. The van der Waals surface area contributed by atoms with E-state index in [-0.39, 0.29) is 10.8 Å². The fourth-order valence-electron chi connectivity index (χ4n) is 6.58. The van der Waals surface area contributed by atoms with Gasteiger partial charge in [0.2, 0.25) is 0 Å². The van der Waals surface area contributed by atoms with Gasteiger partial charge in [-0.15, -0.1) is 0 Å². The average molecular weight is 314 g/mol. The van der Waals surface area contributed by atoms with Gasteiger partial charge in [0.25, 0.3) is 0 Å². The zero-order valence-corrected chi connectivity index (χ0v) is 15.0. The third-order valence-corrected chi connectivity index (χ3v) is 8.26. The summed E-state index contributed by atoms with van der Waals surface area (Å²) in [6.07, 6.45) is 11.3. The van der Waals surface area contributed by atoms with Crippen LogP contribution in [0.15, 0.2) is 23.5 Å². The number of carbonyl (C=O) groups excluding carboxylic acids is 1. The summed E-state index contributed by atoms with van der Waals surface area (Å²) in [7, 11) is 1.80. The van der Waals surface area contributed by atoms with Crippen molar-refractivity contribution in [3.05, 3.63) is 23.5 Å². The molecule has 4 aliphatic rings. The fourth-order valence-corrected chi connectivity index (χ4v) is 6.58. The second-order valence-corrected chi connectivity index (χ2v) is 8.89. The minimum absolute atomic E-state index is 0.0195. The molecule has 0 heterocycles. The van der Waals surface area contributed by atoms with E-state index in [0.29, 0.717) is 23.5 Å². The Morgan fingerprint density at radius 1 is 1.22 bits per heavy atom. The van der Waals surface area contributed by atoms with Crippen molar-refractivity contribution in [3.63, 3.8) is 0 Å². The second kappa shape index (κ2) is 4.97. The van der Waals surface area contributed by atoms with Gasteiger partial charge >= 0.3 is 0 Å². The van der Waals surface area contributed by atoms with Crippen LogP contribution in [0.2, 0.25) is 0 Å². The monoisotopic (exact) mass is 314 g/mol. The lowest BCUT2D eigenvalue weighted by Crippen LogP contribution is -2.51. The molecule has 4 rings (SSSR count). The van der Waals surface area contributed by atoms with Gasteiger partial charge in [0.1, 0.15) is 5.78 Å². The number of carbonyl (C=O) groups is 1. The molecule has 0 aliphatic heterocycles. The van der Waals surface area contributed by atoms with Crippen molar-refractivity contribution in [3.8, 4) is 0 Å². The lowest BCUT2D eigenvalue weighted by Gasteiger charge is -2.57. The summed E-state index contributed by atoms with van der Waals surface area (Å²) < 4.78 is 5.57. The molecule has 0 aromatic carbocycles. The van der Waals surface area contributed by atoms with Crippen LogP contribution >= 0.6 is 0 Å². The van der Waals surface area contributed by atoms with Crippen molar-refractivity contribution < 1.29 is 9.53 Å². The first kappa shape index (κ1) is 15.5. The number of Topliss-reactive ketones (excluding diaryl/α,β-unsaturated/α-hetero) is 1. The van der Waals surface area contributed by atoms with Crippen molar-refractivity contribution in [2.75, 3.05) is 7.11 Å². The van der Waals surface area contributed by atoms with E-state index >= 15 is 0 Å². The van der Waals surface area contributed by atoms with Crippen LogP contribution in [-0.2, 0) is 9.53 Å². The predicted molar refractivity (Wildman–Crippen MR) is 91.7 cm³/mol. The molecule has 2 heteroatoms. The minimum Gasteiger partial charge on any atom is -0.501 e. The quantitative estimate of drug-likeness (QED) is 0.688. The van der Waals surface area contributed by atoms with Gasteiger partial charge in [0.15, 0.2) is 0 Å². The molecule has 2 nitrogen and oxygen atoms in total. The molecule has 2 saturated carbocycles. The van der Waals surface area contributed by atoms with E-state index in [1.54, 1.807) is 7.11 Å². The molecule has 0 amide bonds. The van der Waals surface area contributed by atoms with Crippen LogP contribution in [-0.4, -0.2) is 12.9 Å². The molecular weight excluding hydrogens is 284 g/mol. The predicted octanol–water partition coefficient (Wildman–Crippen LogP) is 4.90. The Balaban J connectivity index is 1.74. The molecule has 126 valence electrons. The standard InChI is InChI=1S/C21H30O2/c1-13-11-15(23-4)12-14-5-6-16-17-7-8-19(22)20(17,2)10-9-18(16)21(13,14)3/h5,12-13,16-18H,6-11H2,1-4H3/t13-,16?,17?,18?,20?,21?/m0/s1. The van der Waals surface area contributed by atoms with Crippen molar-refractivity contribution in [1.29, 1.82) is 0 Å². The first-order chi connectivity index (χ1) is 10.9. The van der Waals surface area contributed by atoms with Gasteiger partial charge in [-0.05, 0) is 66.4 Å². The van der Waals surface area contributed by atoms with Gasteiger partial charge in [-0.1, -0.05) is 26.8 Å². The average Bonchev–Trinajstić information content (AvgIpc) is 2.84. The number of methoxy groups -OCH3 is 1. The maximum absolute atomic E-state index is 12.5. The molecule has 4 aliphatic carbocycles. The normalized spacial score (nSPS) is 48.8. The van der Waals surface area contributed by atoms with Gasteiger partial charge in [0, 0.05) is 18.3 Å². The second-order valence-electron chi connectivity index (χ2n) is 8.89. The van der Waals surface area contributed by atoms with Crippen molar-refractivity contribution in [2.24, 2.45) is 34.5 Å². The summed E-state index contributed by atoms with van der Waals surface area (Å²) in [6, 6.07) is 0. The van der Waals surface area contributed by atoms with Crippen LogP contribution in [0, 0.1) is 34.5 Å². The molecule has 23 heavy (non-hydrogen) atoms. The first-order valence-electron chi connectivity index (χ1n) is 9.39. The minimum atomic E-state index is -0.0195. The van der Waals surface area contributed by atoms with Crippen molar-refractivity contribution in [2.45, 2.75) is 59.3 Å². The first-order valence-corrected chi connectivity index (χ1v) is 9.39. The highest BCUT2D eigenvalue weighted by Crippen LogP contribution is 2.64. The molecule has 6 atom stereocenters. The summed E-state index contributed by atoms with van der Waals surface area (Å²) in [5, 5.41) is 0. The summed E-state index contributed by atoms with van der Waals surface area (Å²) in [5.41, 5.74) is 1.74. The van der Waals surface area contributed by atoms with Gasteiger partial charge in [-0.3, -0.25) is 4.79 Å². The number of fused-ring (bicyclic) bond motifs is 5. The zero-order valence-electron chi connectivity index (χ0n) is 15.0. The highest BCUT2D eigenvalue weighted by molar-refractivity contribution is 5.87. The highest BCUT2D eigenvalue weighted by Gasteiger charge is 2.59. The number of rotatable bonds is 1. The van der Waals surface area contributed by atoms with Crippen LogP contribution in [0.4, 0.5) is 0 Å². The largest absolute Gasteiger partial charge is 0.501 e. The summed E-state index contributed by atoms with van der Waals surface area (Å²) >= 11 is 0. The summed E-state index contributed by atoms with van der Waals surface area (Å²) in [4.78, 5) is 12.5. The molecule has 0 spiro atoms. The van der Waals surface area contributed by atoms with Crippen LogP contribution in [0.1, 0.15) is 59.3 Å². The number of hydrogen-bond donors (Lipinski definition) is 0. The molecule has 0 aromatic rings. The van der Waals surface area contributed by atoms with Crippen LogP contribution in [0.5, 0.6) is 0 Å². The van der Waals surface area contributed by atoms with E-state index in [0.717, 1.165) is 43.8 Å². The van der Waals surface area contributed by atoms with Gasteiger partial charge in [-0.2, -0.15) is 0 Å². The number of ether oxygens (including phenoxy) is 1. The van der Waals surface area contributed by atoms with E-state index in [1.807, 2.05) is 0 Å². The van der Waals surface area contributed by atoms with Crippen LogP contribution in [0.25, 0.3) is 0 Å². The Kier molecular flexibility index (Phi) is 3.35. The Morgan fingerprint density at radius 3 is 2.74 bits per heavy atom. The fraction of sp³-hybridized carbons (Fsp3) is 0.762. The van der Waals surface area contributed by atoms with E-state index in [2.05, 4.69) is 32.9 Å². The third-order valence-electron chi connectivity index (χ3n) is 8.26. The number of allylic oxidation sites excluding steroid dienone is 4. The smallest absolute Gasteiger partial charge is 0.139 e. The number of ketones is 1. The zero-order chi connectivity index (χ0) is 16.4. The maximum atomic E-state index is 12.5. The summed E-state index contributed by atoms with van der Waals surface area (Å²) in [6.45, 7) is 7.15. The Bertz CT molecular complexity index is 601. The lowest BCUT2D eigenvalue weighted by molar-refractivity contribution is -0.132.